The van der Waals surface area contributed by atoms with Crippen molar-refractivity contribution < 1.29 is 24.6 Å². The average molecular weight is 521 g/mol. The first-order valence-corrected chi connectivity index (χ1v) is 11.7. The zero-order valence-electron chi connectivity index (χ0n) is 19.4. The van der Waals surface area contributed by atoms with E-state index in [2.05, 4.69) is 10.6 Å². The van der Waals surface area contributed by atoms with Gasteiger partial charge in [0, 0.05) is 29.2 Å². The van der Waals surface area contributed by atoms with Crippen molar-refractivity contribution in [3.8, 4) is 0 Å². The van der Waals surface area contributed by atoms with E-state index in [-0.39, 0.29) is 40.9 Å². The molecule has 0 bridgehead atoms. The Morgan fingerprint density at radius 3 is 2.09 bits per heavy atom. The van der Waals surface area contributed by atoms with Crippen molar-refractivity contribution in [1.82, 2.24) is 10.6 Å². The van der Waals surface area contributed by atoms with Gasteiger partial charge in [0.15, 0.2) is 11.5 Å². The maximum Gasteiger partial charge on any atom is 0.412 e. The van der Waals surface area contributed by atoms with Crippen LogP contribution in [-0.4, -0.2) is 43.3 Å². The summed E-state index contributed by atoms with van der Waals surface area (Å²) in [6.07, 6.45) is 2.49. The molecule has 4 N–H and O–H groups in total. The van der Waals surface area contributed by atoms with Crippen LogP contribution in [0.25, 0.3) is 0 Å². The predicted molar refractivity (Wildman–Crippen MR) is 138 cm³/mol. The summed E-state index contributed by atoms with van der Waals surface area (Å²) in [6, 6.07) is 14.6. The van der Waals surface area contributed by atoms with Gasteiger partial charge in [-0.1, -0.05) is 48.0 Å². The lowest BCUT2D eigenvalue weighted by molar-refractivity contribution is 0.0889. The van der Waals surface area contributed by atoms with Crippen LogP contribution in [0.1, 0.15) is 57.9 Å². The van der Waals surface area contributed by atoms with Crippen molar-refractivity contribution in [3.63, 3.8) is 0 Å². The van der Waals surface area contributed by atoms with Crippen molar-refractivity contribution >= 4 is 41.7 Å². The van der Waals surface area contributed by atoms with E-state index >= 15 is 0 Å². The summed E-state index contributed by atoms with van der Waals surface area (Å²) in [5.41, 5.74) is 2.21. The quantitative estimate of drug-likeness (QED) is 0.544. The molecule has 35 heavy (non-hydrogen) atoms. The molecule has 1 fully saturated rings. The Hall–Kier alpha value is -2.71. The molecular formula is C26H30Cl2N2O5. The van der Waals surface area contributed by atoms with Crippen LogP contribution in [0, 0.1) is 5.92 Å². The number of fused-ring (bicyclic) bond motifs is 1. The number of ether oxygens (including phenoxy) is 1. The molecule has 0 aliphatic heterocycles. The molecule has 0 aromatic heterocycles. The third kappa shape index (κ3) is 6.30. The number of likely N-dealkylation sites (N-methyl/N-ethyl adjacent to an activating group) is 1. The normalized spacial score (nSPS) is 19.3. The largest absolute Gasteiger partial charge is 0.412 e. The number of amides is 1. The molecule has 1 amide bonds. The lowest BCUT2D eigenvalue weighted by atomic mass is 9.72. The van der Waals surface area contributed by atoms with E-state index in [0.29, 0.717) is 35.2 Å². The molecular weight excluding hydrogens is 491 g/mol. The molecule has 2 aliphatic rings. The van der Waals surface area contributed by atoms with E-state index in [1.807, 2.05) is 24.3 Å². The number of carbonyl (C=O) groups excluding carboxylic acids is 3. The monoisotopic (exact) mass is 520 g/mol. The second-order valence-corrected chi connectivity index (χ2v) is 8.90. The summed E-state index contributed by atoms with van der Waals surface area (Å²) in [7, 11) is 1.77. The number of carbonyl (C=O) groups is 3. The van der Waals surface area contributed by atoms with Gasteiger partial charge in [-0.25, -0.2) is 4.79 Å². The minimum atomic E-state index is -0.729. The fourth-order valence-corrected chi connectivity index (χ4v) is 4.84. The third-order valence-electron chi connectivity index (χ3n) is 6.43. The van der Waals surface area contributed by atoms with Crippen LogP contribution >= 0.6 is 24.0 Å². The second kappa shape index (κ2) is 12.8. The highest BCUT2D eigenvalue weighted by Gasteiger charge is 2.39. The Bertz CT molecular complexity index is 1090. The van der Waals surface area contributed by atoms with Gasteiger partial charge in [-0.15, -0.1) is 12.4 Å². The van der Waals surface area contributed by atoms with E-state index in [1.165, 1.54) is 5.56 Å². The summed E-state index contributed by atoms with van der Waals surface area (Å²) >= 11 is 6.02. The lowest BCUT2D eigenvalue weighted by Gasteiger charge is -2.32. The highest BCUT2D eigenvalue weighted by molar-refractivity contribution is 6.30. The van der Waals surface area contributed by atoms with Gasteiger partial charge in [0.2, 0.25) is 5.78 Å². The Morgan fingerprint density at radius 2 is 1.49 bits per heavy atom. The van der Waals surface area contributed by atoms with E-state index < -0.39 is 11.9 Å². The first kappa shape index (κ1) is 28.5. The molecule has 9 heteroatoms. The number of halogens is 2. The van der Waals surface area contributed by atoms with E-state index in [4.69, 9.17) is 16.3 Å². The molecule has 4 rings (SSSR count). The summed E-state index contributed by atoms with van der Waals surface area (Å²) < 4.78 is 5.48. The number of hydrogen-bond acceptors (Lipinski definition) is 5. The molecule has 2 aromatic carbocycles. The van der Waals surface area contributed by atoms with Crippen LogP contribution in [0.2, 0.25) is 5.02 Å². The van der Waals surface area contributed by atoms with Gasteiger partial charge in [0.25, 0.3) is 0 Å². The Labute approximate surface area is 216 Å². The molecule has 1 saturated carbocycles. The first-order valence-electron chi connectivity index (χ1n) is 11.3. The van der Waals surface area contributed by atoms with Crippen LogP contribution < -0.4 is 10.6 Å². The maximum atomic E-state index is 13.5. The topological polar surface area (TPSA) is 116 Å². The van der Waals surface area contributed by atoms with Gasteiger partial charge in [0.1, 0.15) is 0 Å². The van der Waals surface area contributed by atoms with Crippen LogP contribution in [0.4, 0.5) is 4.79 Å². The molecule has 0 radical (unpaired) electrons. The van der Waals surface area contributed by atoms with Crippen molar-refractivity contribution in [3.05, 3.63) is 81.6 Å². The van der Waals surface area contributed by atoms with Crippen LogP contribution in [0.15, 0.2) is 59.9 Å². The molecule has 0 spiro atoms. The Morgan fingerprint density at radius 1 is 0.914 bits per heavy atom. The Kier molecular flexibility index (Phi) is 10.5. The number of allylic oxidation sites excluding steroid dienone is 2. The predicted octanol–water partition coefficient (Wildman–Crippen LogP) is 4.49. The lowest BCUT2D eigenvalue weighted by Crippen LogP contribution is -2.35. The van der Waals surface area contributed by atoms with Gasteiger partial charge in [0.05, 0.1) is 5.57 Å². The SMILES string of the molecule is CNCCNC(=O)OC1=C(C2CCC(c3ccc(Cl)cc3)CC2)C(=O)c2ccccc2C1=O.Cl.O. The van der Waals surface area contributed by atoms with Crippen molar-refractivity contribution in [1.29, 1.82) is 0 Å². The van der Waals surface area contributed by atoms with Gasteiger partial charge in [-0.3, -0.25) is 9.59 Å². The smallest absolute Gasteiger partial charge is 0.412 e. The standard InChI is InChI=1S/C26H27ClN2O4.ClH.H2O/c1-28-14-15-29-26(32)33-25-22(23(30)20-4-2-3-5-21(20)24(25)31)18-8-6-16(7-9-18)17-10-12-19(27)13-11-17;;/h2-5,10-13,16,18,28H,6-9,14-15H2,1H3,(H,29,32);1H;1H2. The fourth-order valence-electron chi connectivity index (χ4n) is 4.71. The molecule has 2 aromatic rings. The zero-order chi connectivity index (χ0) is 23.4. The minimum Gasteiger partial charge on any atom is -0.412 e. The maximum absolute atomic E-state index is 13.5. The summed E-state index contributed by atoms with van der Waals surface area (Å²) in [5.74, 6) is -0.536. The molecule has 0 atom stereocenters. The number of nitrogens with one attached hydrogen (secondary N) is 2. The highest BCUT2D eigenvalue weighted by atomic mass is 35.5. The summed E-state index contributed by atoms with van der Waals surface area (Å²) in [5, 5.41) is 6.25. The fraction of sp³-hybridized carbons (Fsp3) is 0.346. The van der Waals surface area contributed by atoms with Gasteiger partial charge < -0.3 is 20.8 Å². The summed E-state index contributed by atoms with van der Waals surface area (Å²) in [6.45, 7) is 0.911. The number of ketones is 2. The van der Waals surface area contributed by atoms with E-state index in [1.54, 1.807) is 31.3 Å². The zero-order valence-corrected chi connectivity index (χ0v) is 21.0. The average Bonchev–Trinajstić information content (AvgIpc) is 2.83. The number of alkyl carbamates (subject to hydrolysis) is 1. The highest BCUT2D eigenvalue weighted by Crippen LogP contribution is 2.42. The minimum absolute atomic E-state index is 0. The van der Waals surface area contributed by atoms with Gasteiger partial charge >= 0.3 is 6.09 Å². The van der Waals surface area contributed by atoms with Gasteiger partial charge in [-0.05, 0) is 62.3 Å². The molecule has 0 heterocycles. The molecule has 0 unspecified atom stereocenters. The van der Waals surface area contributed by atoms with Crippen molar-refractivity contribution in [2.24, 2.45) is 5.92 Å². The molecule has 0 saturated heterocycles. The first-order chi connectivity index (χ1) is 16.0. The number of Topliss-reactive ketones (excluding diaryl/α,β-unsaturated/α-hetero) is 2. The second-order valence-electron chi connectivity index (χ2n) is 8.47. The molecule has 7 nitrogen and oxygen atoms in total. The van der Waals surface area contributed by atoms with E-state index in [0.717, 1.165) is 25.7 Å². The number of hydrogen-bond donors (Lipinski definition) is 2. The van der Waals surface area contributed by atoms with E-state index in [9.17, 15) is 14.4 Å². The van der Waals surface area contributed by atoms with Crippen LogP contribution in [-0.2, 0) is 4.74 Å². The third-order valence-corrected chi connectivity index (χ3v) is 6.68. The van der Waals surface area contributed by atoms with Crippen LogP contribution in [0.5, 0.6) is 0 Å². The van der Waals surface area contributed by atoms with Gasteiger partial charge in [-0.2, -0.15) is 0 Å². The molecule has 2 aliphatic carbocycles. The van der Waals surface area contributed by atoms with Crippen molar-refractivity contribution in [2.45, 2.75) is 31.6 Å². The van der Waals surface area contributed by atoms with Crippen LogP contribution in [0.3, 0.4) is 0 Å². The summed E-state index contributed by atoms with van der Waals surface area (Å²) in [4.78, 5) is 39.1. The number of benzene rings is 2. The Balaban J connectivity index is 0.00000216. The molecule has 188 valence electrons. The van der Waals surface area contributed by atoms with Crippen molar-refractivity contribution in [2.75, 3.05) is 20.1 Å². The number of rotatable bonds is 6.